The van der Waals surface area contributed by atoms with Crippen molar-refractivity contribution in [3.63, 3.8) is 0 Å². The first-order chi connectivity index (χ1) is 6.22. The maximum Gasteiger partial charge on any atom is 0.134 e. The summed E-state index contributed by atoms with van der Waals surface area (Å²) in [6, 6.07) is 6.11. The molecule has 0 aliphatic heterocycles. The largest absolute Gasteiger partial charge is 0.461 e. The van der Waals surface area contributed by atoms with Crippen molar-refractivity contribution >= 4 is 26.9 Å². The molecule has 0 N–H and O–H groups in total. The van der Waals surface area contributed by atoms with E-state index in [1.54, 1.807) is 0 Å². The molecule has 2 aromatic rings. The summed E-state index contributed by atoms with van der Waals surface area (Å²) in [6.45, 7) is 4.22. The summed E-state index contributed by atoms with van der Waals surface area (Å²) in [5.74, 6) is 1.09. The zero-order valence-electron chi connectivity index (χ0n) is 7.73. The Balaban J connectivity index is 2.77. The summed E-state index contributed by atoms with van der Waals surface area (Å²) in [5.41, 5.74) is 2.25. The van der Waals surface area contributed by atoms with Gasteiger partial charge in [0.05, 0.1) is 0 Å². The standard InChI is InChI=1S/C11H11BrO/c1-3-10-7(2)9-6-8(12)4-5-11(9)13-10/h4-6H,3H2,1-2H3. The van der Waals surface area contributed by atoms with E-state index >= 15 is 0 Å². The molecule has 0 atom stereocenters. The minimum atomic E-state index is 0.956. The third kappa shape index (κ3) is 1.39. The second-order valence-corrected chi connectivity index (χ2v) is 4.06. The molecule has 0 aliphatic rings. The quantitative estimate of drug-likeness (QED) is 0.731. The van der Waals surface area contributed by atoms with Gasteiger partial charge in [-0.3, -0.25) is 0 Å². The predicted molar refractivity (Wildman–Crippen MR) is 58.0 cm³/mol. The zero-order valence-corrected chi connectivity index (χ0v) is 9.31. The number of benzene rings is 1. The van der Waals surface area contributed by atoms with Crippen LogP contribution in [0.2, 0.25) is 0 Å². The van der Waals surface area contributed by atoms with Crippen LogP contribution in [0.5, 0.6) is 0 Å². The van der Waals surface area contributed by atoms with E-state index in [4.69, 9.17) is 4.42 Å². The third-order valence-electron chi connectivity index (χ3n) is 2.32. The number of aryl methyl sites for hydroxylation is 2. The molecule has 2 rings (SSSR count). The van der Waals surface area contributed by atoms with Crippen molar-refractivity contribution in [1.29, 1.82) is 0 Å². The van der Waals surface area contributed by atoms with Crippen LogP contribution in [0.15, 0.2) is 27.1 Å². The van der Waals surface area contributed by atoms with Gasteiger partial charge in [0.2, 0.25) is 0 Å². The molecule has 0 bridgehead atoms. The monoisotopic (exact) mass is 238 g/mol. The molecule has 0 fully saturated rings. The lowest BCUT2D eigenvalue weighted by atomic mass is 10.1. The van der Waals surface area contributed by atoms with E-state index in [0.717, 1.165) is 22.2 Å². The Morgan fingerprint density at radius 3 is 2.85 bits per heavy atom. The lowest BCUT2D eigenvalue weighted by molar-refractivity contribution is 0.553. The van der Waals surface area contributed by atoms with Crippen LogP contribution < -0.4 is 0 Å². The van der Waals surface area contributed by atoms with Crippen molar-refractivity contribution in [2.24, 2.45) is 0 Å². The van der Waals surface area contributed by atoms with Crippen LogP contribution in [0.3, 0.4) is 0 Å². The number of halogens is 1. The number of fused-ring (bicyclic) bond motifs is 1. The Morgan fingerprint density at radius 2 is 2.15 bits per heavy atom. The fourth-order valence-corrected chi connectivity index (χ4v) is 1.94. The summed E-state index contributed by atoms with van der Waals surface area (Å²) in [4.78, 5) is 0. The normalized spacial score (nSPS) is 11.0. The molecule has 13 heavy (non-hydrogen) atoms. The molecular formula is C11H11BrO. The molecule has 1 heterocycles. The van der Waals surface area contributed by atoms with Gasteiger partial charge in [-0.1, -0.05) is 22.9 Å². The first kappa shape index (κ1) is 8.82. The Morgan fingerprint density at radius 1 is 1.38 bits per heavy atom. The van der Waals surface area contributed by atoms with Crippen LogP contribution in [0.25, 0.3) is 11.0 Å². The second-order valence-electron chi connectivity index (χ2n) is 3.14. The second kappa shape index (κ2) is 3.18. The summed E-state index contributed by atoms with van der Waals surface area (Å²) in [5, 5.41) is 1.21. The van der Waals surface area contributed by atoms with Crippen LogP contribution in [0.4, 0.5) is 0 Å². The smallest absolute Gasteiger partial charge is 0.134 e. The Hall–Kier alpha value is -0.760. The highest BCUT2D eigenvalue weighted by Crippen LogP contribution is 2.27. The van der Waals surface area contributed by atoms with Gasteiger partial charge in [0.25, 0.3) is 0 Å². The third-order valence-corrected chi connectivity index (χ3v) is 2.81. The maximum absolute atomic E-state index is 5.68. The first-order valence-electron chi connectivity index (χ1n) is 4.40. The average Bonchev–Trinajstić information content (AvgIpc) is 2.44. The topological polar surface area (TPSA) is 13.1 Å². The highest BCUT2D eigenvalue weighted by Gasteiger charge is 2.08. The summed E-state index contributed by atoms with van der Waals surface area (Å²) >= 11 is 3.46. The Labute approximate surface area is 85.9 Å². The minimum Gasteiger partial charge on any atom is -0.461 e. The molecule has 1 nitrogen and oxygen atoms in total. The summed E-state index contributed by atoms with van der Waals surface area (Å²) in [6.07, 6.45) is 0.956. The minimum absolute atomic E-state index is 0.956. The molecule has 1 aromatic heterocycles. The molecule has 68 valence electrons. The molecule has 1 aromatic carbocycles. The predicted octanol–water partition coefficient (Wildman–Crippen LogP) is 4.07. The lowest BCUT2D eigenvalue weighted by Crippen LogP contribution is -1.77. The van der Waals surface area contributed by atoms with E-state index in [1.165, 1.54) is 10.9 Å². The molecule has 0 radical (unpaired) electrons. The molecule has 0 saturated carbocycles. The van der Waals surface area contributed by atoms with Crippen LogP contribution in [-0.2, 0) is 6.42 Å². The number of furan rings is 1. The molecule has 0 unspecified atom stereocenters. The number of hydrogen-bond donors (Lipinski definition) is 0. The number of rotatable bonds is 1. The van der Waals surface area contributed by atoms with Crippen LogP contribution in [-0.4, -0.2) is 0 Å². The van der Waals surface area contributed by atoms with Gasteiger partial charge in [-0.2, -0.15) is 0 Å². The summed E-state index contributed by atoms with van der Waals surface area (Å²) < 4.78 is 6.79. The fraction of sp³-hybridized carbons (Fsp3) is 0.273. The van der Waals surface area contributed by atoms with E-state index in [-0.39, 0.29) is 0 Å². The highest BCUT2D eigenvalue weighted by atomic mass is 79.9. The lowest BCUT2D eigenvalue weighted by Gasteiger charge is -1.90. The van der Waals surface area contributed by atoms with Gasteiger partial charge < -0.3 is 4.42 Å². The van der Waals surface area contributed by atoms with Crippen molar-refractivity contribution < 1.29 is 4.42 Å². The zero-order chi connectivity index (χ0) is 9.42. The van der Waals surface area contributed by atoms with E-state index < -0.39 is 0 Å². The molecule has 0 amide bonds. The molecule has 0 spiro atoms. The Bertz CT molecular complexity index is 443. The van der Waals surface area contributed by atoms with E-state index in [2.05, 4.69) is 35.8 Å². The van der Waals surface area contributed by atoms with Gasteiger partial charge in [-0.25, -0.2) is 0 Å². The highest BCUT2D eigenvalue weighted by molar-refractivity contribution is 9.10. The number of hydrogen-bond acceptors (Lipinski definition) is 1. The fourth-order valence-electron chi connectivity index (χ4n) is 1.58. The van der Waals surface area contributed by atoms with Crippen molar-refractivity contribution in [3.8, 4) is 0 Å². The van der Waals surface area contributed by atoms with Crippen molar-refractivity contribution in [3.05, 3.63) is 34.0 Å². The average molecular weight is 239 g/mol. The van der Waals surface area contributed by atoms with E-state index in [1.807, 2.05) is 12.1 Å². The molecule has 0 aliphatic carbocycles. The SMILES string of the molecule is CCc1oc2ccc(Br)cc2c1C. The summed E-state index contributed by atoms with van der Waals surface area (Å²) in [7, 11) is 0. The van der Waals surface area contributed by atoms with Crippen LogP contribution in [0.1, 0.15) is 18.2 Å². The van der Waals surface area contributed by atoms with E-state index in [9.17, 15) is 0 Å². The van der Waals surface area contributed by atoms with Gasteiger partial charge in [0.1, 0.15) is 11.3 Å². The molecule has 0 saturated heterocycles. The van der Waals surface area contributed by atoms with Crippen molar-refractivity contribution in [2.45, 2.75) is 20.3 Å². The van der Waals surface area contributed by atoms with Gasteiger partial charge in [0, 0.05) is 16.3 Å². The van der Waals surface area contributed by atoms with Gasteiger partial charge in [-0.05, 0) is 30.7 Å². The molecular weight excluding hydrogens is 228 g/mol. The first-order valence-corrected chi connectivity index (χ1v) is 5.19. The van der Waals surface area contributed by atoms with Gasteiger partial charge in [0.15, 0.2) is 0 Å². The van der Waals surface area contributed by atoms with Crippen molar-refractivity contribution in [2.75, 3.05) is 0 Å². The van der Waals surface area contributed by atoms with Crippen molar-refractivity contribution in [1.82, 2.24) is 0 Å². The Kier molecular flexibility index (Phi) is 2.16. The van der Waals surface area contributed by atoms with E-state index in [0.29, 0.717) is 0 Å². The molecule has 2 heteroatoms. The maximum atomic E-state index is 5.68. The van der Waals surface area contributed by atoms with Crippen LogP contribution >= 0.6 is 15.9 Å². The van der Waals surface area contributed by atoms with Gasteiger partial charge in [-0.15, -0.1) is 0 Å². The van der Waals surface area contributed by atoms with Crippen LogP contribution in [0, 0.1) is 6.92 Å². The van der Waals surface area contributed by atoms with Gasteiger partial charge >= 0.3 is 0 Å².